The van der Waals surface area contributed by atoms with E-state index in [0.29, 0.717) is 19.6 Å². The van der Waals surface area contributed by atoms with Crippen molar-refractivity contribution in [3.63, 3.8) is 0 Å². The highest BCUT2D eigenvalue weighted by atomic mass is 19.3. The number of piperidine rings is 1. The number of nitrogens with zero attached hydrogens (tertiary/aromatic N) is 1. The predicted octanol–water partition coefficient (Wildman–Crippen LogP) is 1.85. The molecule has 7 heteroatoms. The Morgan fingerprint density at radius 2 is 1.90 bits per heavy atom. The van der Waals surface area contributed by atoms with Gasteiger partial charge in [0.2, 0.25) is 0 Å². The maximum Gasteiger partial charge on any atom is 0.410 e. The molecule has 0 aromatic rings. The molecule has 1 saturated heterocycles. The Kier molecular flexibility index (Phi) is 6.34. The lowest BCUT2D eigenvalue weighted by Gasteiger charge is -2.33. The average Bonchev–Trinajstić information content (AvgIpc) is 2.37. The molecule has 0 aromatic heterocycles. The van der Waals surface area contributed by atoms with Gasteiger partial charge in [-0.15, -0.1) is 0 Å². The number of aliphatic hydroxyl groups is 1. The van der Waals surface area contributed by atoms with E-state index in [9.17, 15) is 13.6 Å². The molecule has 1 amide bonds. The zero-order chi connectivity index (χ0) is 16.1. The molecule has 124 valence electrons. The summed E-state index contributed by atoms with van der Waals surface area (Å²) in [6.07, 6.45) is 1.20. The van der Waals surface area contributed by atoms with Crippen LogP contribution in [-0.4, -0.2) is 60.4 Å². The first kappa shape index (κ1) is 18.1. The molecule has 0 radical (unpaired) electrons. The standard InChI is InChI=1S/C14H26F2N2O3/c1-13(2,3)21-12(20)18-6-4-11(5-7-18)8-17-9-14(15,16)10-19/h11,17,19H,4-10H2,1-3H3. The third-order valence-electron chi connectivity index (χ3n) is 3.31. The fourth-order valence-corrected chi connectivity index (χ4v) is 2.16. The van der Waals surface area contributed by atoms with E-state index in [4.69, 9.17) is 9.84 Å². The molecule has 5 nitrogen and oxygen atoms in total. The molecule has 1 aliphatic rings. The number of nitrogens with one attached hydrogen (secondary N) is 1. The van der Waals surface area contributed by atoms with E-state index in [1.54, 1.807) is 4.90 Å². The molecule has 0 saturated carbocycles. The van der Waals surface area contributed by atoms with Crippen LogP contribution in [0, 0.1) is 5.92 Å². The monoisotopic (exact) mass is 308 g/mol. The van der Waals surface area contributed by atoms with Crippen molar-refractivity contribution >= 4 is 6.09 Å². The molecule has 21 heavy (non-hydrogen) atoms. The first-order valence-electron chi connectivity index (χ1n) is 7.30. The lowest BCUT2D eigenvalue weighted by Crippen LogP contribution is -2.44. The van der Waals surface area contributed by atoms with E-state index in [2.05, 4.69) is 5.32 Å². The van der Waals surface area contributed by atoms with Crippen LogP contribution in [0.3, 0.4) is 0 Å². The SMILES string of the molecule is CC(C)(C)OC(=O)N1CCC(CNCC(F)(F)CO)CC1. The fraction of sp³-hybridized carbons (Fsp3) is 0.929. The maximum absolute atomic E-state index is 12.9. The van der Waals surface area contributed by atoms with Crippen LogP contribution in [0.4, 0.5) is 13.6 Å². The van der Waals surface area contributed by atoms with Crippen molar-refractivity contribution in [1.29, 1.82) is 0 Å². The van der Waals surface area contributed by atoms with Gasteiger partial charge in [0, 0.05) is 13.1 Å². The van der Waals surface area contributed by atoms with Gasteiger partial charge in [-0.3, -0.25) is 0 Å². The number of halogens is 2. The minimum Gasteiger partial charge on any atom is -0.444 e. The van der Waals surface area contributed by atoms with Crippen molar-refractivity contribution in [1.82, 2.24) is 10.2 Å². The molecular weight excluding hydrogens is 282 g/mol. The number of hydrogen-bond acceptors (Lipinski definition) is 4. The summed E-state index contributed by atoms with van der Waals surface area (Å²) >= 11 is 0. The van der Waals surface area contributed by atoms with E-state index in [-0.39, 0.29) is 12.0 Å². The van der Waals surface area contributed by atoms with Crippen LogP contribution in [0.2, 0.25) is 0 Å². The number of ether oxygens (including phenoxy) is 1. The van der Waals surface area contributed by atoms with Gasteiger partial charge in [0.25, 0.3) is 5.92 Å². The van der Waals surface area contributed by atoms with E-state index in [0.717, 1.165) is 12.8 Å². The summed E-state index contributed by atoms with van der Waals surface area (Å²) in [5.74, 6) is -2.81. The minimum absolute atomic E-state index is 0.262. The molecule has 0 bridgehead atoms. The van der Waals surface area contributed by atoms with Crippen molar-refractivity contribution in [2.45, 2.75) is 45.1 Å². The van der Waals surface area contributed by atoms with Crippen molar-refractivity contribution in [2.24, 2.45) is 5.92 Å². The zero-order valence-corrected chi connectivity index (χ0v) is 13.0. The molecule has 2 N–H and O–H groups in total. The van der Waals surface area contributed by atoms with E-state index < -0.39 is 24.7 Å². The van der Waals surface area contributed by atoms with E-state index in [1.165, 1.54) is 0 Å². The molecule has 0 atom stereocenters. The summed E-state index contributed by atoms with van der Waals surface area (Å²) in [6, 6.07) is 0. The topological polar surface area (TPSA) is 61.8 Å². The summed E-state index contributed by atoms with van der Waals surface area (Å²) in [6.45, 7) is 5.44. The second-order valence-corrected chi connectivity index (χ2v) is 6.56. The van der Waals surface area contributed by atoms with Crippen LogP contribution in [0.5, 0.6) is 0 Å². The molecule has 0 aliphatic carbocycles. The molecule has 0 aromatic carbocycles. The third-order valence-corrected chi connectivity index (χ3v) is 3.31. The van der Waals surface area contributed by atoms with Crippen molar-refractivity contribution < 1.29 is 23.4 Å². The van der Waals surface area contributed by atoms with Crippen LogP contribution in [0.1, 0.15) is 33.6 Å². The molecule has 1 rings (SSSR count). The molecular formula is C14H26F2N2O3. The van der Waals surface area contributed by atoms with Crippen LogP contribution >= 0.6 is 0 Å². The van der Waals surface area contributed by atoms with Gasteiger partial charge >= 0.3 is 6.09 Å². The first-order chi connectivity index (χ1) is 9.63. The number of likely N-dealkylation sites (tertiary alicyclic amines) is 1. The predicted molar refractivity (Wildman–Crippen MR) is 75.4 cm³/mol. The van der Waals surface area contributed by atoms with Gasteiger partial charge in [-0.05, 0) is 46.1 Å². The summed E-state index contributed by atoms with van der Waals surface area (Å²) in [5.41, 5.74) is -0.509. The lowest BCUT2D eigenvalue weighted by atomic mass is 9.97. The largest absolute Gasteiger partial charge is 0.444 e. The molecule has 0 spiro atoms. The van der Waals surface area contributed by atoms with Gasteiger partial charge in [0.1, 0.15) is 12.2 Å². The van der Waals surface area contributed by atoms with Gasteiger partial charge in [0.15, 0.2) is 0 Å². The van der Waals surface area contributed by atoms with Crippen molar-refractivity contribution in [2.75, 3.05) is 32.8 Å². The zero-order valence-electron chi connectivity index (χ0n) is 13.0. The number of aliphatic hydroxyl groups excluding tert-OH is 1. The van der Waals surface area contributed by atoms with Crippen molar-refractivity contribution in [3.05, 3.63) is 0 Å². The second-order valence-electron chi connectivity index (χ2n) is 6.56. The highest BCUT2D eigenvalue weighted by Crippen LogP contribution is 2.19. The van der Waals surface area contributed by atoms with Gasteiger partial charge in [0.05, 0.1) is 6.54 Å². The number of carbonyl (C=O) groups is 1. The number of carbonyl (C=O) groups excluding carboxylic acids is 1. The molecule has 1 heterocycles. The van der Waals surface area contributed by atoms with Crippen LogP contribution < -0.4 is 5.32 Å². The minimum atomic E-state index is -3.07. The molecule has 1 aliphatic heterocycles. The van der Waals surface area contributed by atoms with Gasteiger partial charge in [-0.25, -0.2) is 13.6 Å². The Morgan fingerprint density at radius 3 is 2.38 bits per heavy atom. The van der Waals surface area contributed by atoms with Gasteiger partial charge < -0.3 is 20.1 Å². The van der Waals surface area contributed by atoms with Crippen LogP contribution in [-0.2, 0) is 4.74 Å². The molecule has 1 fully saturated rings. The second kappa shape index (κ2) is 7.35. The van der Waals surface area contributed by atoms with Crippen LogP contribution in [0.25, 0.3) is 0 Å². The third kappa shape index (κ3) is 7.04. The lowest BCUT2D eigenvalue weighted by molar-refractivity contribution is -0.0482. The molecule has 0 unspecified atom stereocenters. The number of amides is 1. The smallest absolute Gasteiger partial charge is 0.410 e. The number of alkyl halides is 2. The average molecular weight is 308 g/mol. The van der Waals surface area contributed by atoms with E-state index >= 15 is 0 Å². The summed E-state index contributed by atoms with van der Waals surface area (Å²) in [5, 5.41) is 11.2. The quantitative estimate of drug-likeness (QED) is 0.814. The van der Waals surface area contributed by atoms with Gasteiger partial charge in [-0.2, -0.15) is 0 Å². The highest BCUT2D eigenvalue weighted by molar-refractivity contribution is 5.68. The van der Waals surface area contributed by atoms with Crippen LogP contribution in [0.15, 0.2) is 0 Å². The summed E-state index contributed by atoms with van der Waals surface area (Å²) in [4.78, 5) is 13.5. The number of rotatable bonds is 5. The normalized spacial score (nSPS) is 17.9. The Bertz CT molecular complexity index is 338. The summed E-state index contributed by atoms with van der Waals surface area (Å²) in [7, 11) is 0. The van der Waals surface area contributed by atoms with Gasteiger partial charge in [-0.1, -0.05) is 0 Å². The Morgan fingerprint density at radius 1 is 1.33 bits per heavy atom. The summed E-state index contributed by atoms with van der Waals surface area (Å²) < 4.78 is 31.0. The van der Waals surface area contributed by atoms with Crippen molar-refractivity contribution in [3.8, 4) is 0 Å². The Hall–Kier alpha value is -0.950. The first-order valence-corrected chi connectivity index (χ1v) is 7.30. The Labute approximate surface area is 124 Å². The maximum atomic E-state index is 12.9. The highest BCUT2D eigenvalue weighted by Gasteiger charge is 2.29. The fourth-order valence-electron chi connectivity index (χ4n) is 2.16. The van der Waals surface area contributed by atoms with E-state index in [1.807, 2.05) is 20.8 Å². The number of hydrogen-bond donors (Lipinski definition) is 2. The Balaban J connectivity index is 2.25.